The van der Waals surface area contributed by atoms with Crippen molar-refractivity contribution in [3.8, 4) is 5.69 Å². The molecule has 1 aromatic carbocycles. The minimum Gasteiger partial charge on any atom is -0.342 e. The van der Waals surface area contributed by atoms with Crippen LogP contribution in [0.3, 0.4) is 0 Å². The van der Waals surface area contributed by atoms with Crippen molar-refractivity contribution in [3.05, 3.63) is 51.3 Å². The van der Waals surface area contributed by atoms with Gasteiger partial charge in [0, 0.05) is 0 Å². The molecule has 1 aliphatic carbocycles. The standard InChI is InChI=1S/C19H23N3O4/c1-19(2)25-15-13-10-6-7-11-14(16(15)26-19)22-18(24)20(17(23)21(13)22)12-8-4-3-5-9-12/h3-5,8-9,13-16H,6-7,10-11H2,1-2H3/t13?,14?,15-,16-/m0/s1. The molecule has 0 N–H and O–H groups in total. The van der Waals surface area contributed by atoms with E-state index < -0.39 is 5.79 Å². The SMILES string of the molecule is CC1(C)O[C@H]2C3CCCCC([C@@H]2O1)n1c(=O)n(-c2ccccc2)c(=O)n13. The molecule has 138 valence electrons. The minimum absolute atomic E-state index is 0.177. The van der Waals surface area contributed by atoms with E-state index in [1.807, 2.05) is 32.0 Å². The summed E-state index contributed by atoms with van der Waals surface area (Å²) in [6.45, 7) is 3.80. The molecule has 7 heteroatoms. The number of fused-ring (bicyclic) bond motifs is 3. The zero-order chi connectivity index (χ0) is 18.1. The average molecular weight is 357 g/mol. The first kappa shape index (κ1) is 16.1. The third-order valence-corrected chi connectivity index (χ3v) is 5.82. The molecule has 3 heterocycles. The second-order valence-electron chi connectivity index (χ2n) is 7.91. The van der Waals surface area contributed by atoms with Gasteiger partial charge < -0.3 is 9.47 Å². The third-order valence-electron chi connectivity index (χ3n) is 5.82. The van der Waals surface area contributed by atoms with Gasteiger partial charge in [-0.25, -0.2) is 23.5 Å². The molecule has 3 aliphatic rings. The Kier molecular flexibility index (Phi) is 3.36. The van der Waals surface area contributed by atoms with Crippen molar-refractivity contribution in [2.24, 2.45) is 0 Å². The Morgan fingerprint density at radius 2 is 1.38 bits per heavy atom. The van der Waals surface area contributed by atoms with E-state index >= 15 is 0 Å². The molecule has 0 spiro atoms. The zero-order valence-corrected chi connectivity index (χ0v) is 15.0. The van der Waals surface area contributed by atoms with Crippen LogP contribution < -0.4 is 11.4 Å². The lowest BCUT2D eigenvalue weighted by atomic mass is 9.87. The molecule has 5 rings (SSSR count). The van der Waals surface area contributed by atoms with Crippen LogP contribution in [0, 0.1) is 0 Å². The van der Waals surface area contributed by atoms with Crippen molar-refractivity contribution >= 4 is 0 Å². The quantitative estimate of drug-likeness (QED) is 0.783. The lowest BCUT2D eigenvalue weighted by molar-refractivity contribution is -0.150. The molecule has 0 radical (unpaired) electrons. The summed E-state index contributed by atoms with van der Waals surface area (Å²) in [5.74, 6) is -0.692. The molecule has 4 atom stereocenters. The highest BCUT2D eigenvalue weighted by Crippen LogP contribution is 2.46. The monoisotopic (exact) mass is 357 g/mol. The van der Waals surface area contributed by atoms with Crippen LogP contribution in [0.5, 0.6) is 0 Å². The van der Waals surface area contributed by atoms with Crippen molar-refractivity contribution in [2.75, 3.05) is 0 Å². The molecule has 0 amide bonds. The zero-order valence-electron chi connectivity index (χ0n) is 15.0. The highest BCUT2D eigenvalue weighted by atomic mass is 16.8. The maximum Gasteiger partial charge on any atom is 0.352 e. The van der Waals surface area contributed by atoms with Crippen molar-refractivity contribution in [1.82, 2.24) is 13.9 Å². The molecule has 1 saturated heterocycles. The van der Waals surface area contributed by atoms with E-state index in [0.29, 0.717) is 5.69 Å². The predicted octanol–water partition coefficient (Wildman–Crippen LogP) is 1.99. The molecule has 26 heavy (non-hydrogen) atoms. The Labute approximate surface area is 150 Å². The summed E-state index contributed by atoms with van der Waals surface area (Å²) in [4.78, 5) is 26.5. The van der Waals surface area contributed by atoms with Gasteiger partial charge in [0.05, 0.1) is 17.8 Å². The summed E-state index contributed by atoms with van der Waals surface area (Å²) in [6, 6.07) is 8.76. The van der Waals surface area contributed by atoms with Crippen molar-refractivity contribution in [1.29, 1.82) is 0 Å². The van der Waals surface area contributed by atoms with Crippen LogP contribution in [0.15, 0.2) is 39.9 Å². The predicted molar refractivity (Wildman–Crippen MR) is 94.7 cm³/mol. The van der Waals surface area contributed by atoms with Gasteiger partial charge in [-0.3, -0.25) is 0 Å². The molecule has 2 fully saturated rings. The Morgan fingerprint density at radius 1 is 0.885 bits per heavy atom. The lowest BCUT2D eigenvalue weighted by Crippen LogP contribution is -2.52. The molecular formula is C19H23N3O4. The highest BCUT2D eigenvalue weighted by Gasteiger charge is 2.55. The minimum atomic E-state index is -0.692. The van der Waals surface area contributed by atoms with Gasteiger partial charge >= 0.3 is 11.4 Å². The van der Waals surface area contributed by atoms with Crippen LogP contribution in [-0.4, -0.2) is 31.9 Å². The Hall–Kier alpha value is -2.12. The molecule has 7 nitrogen and oxygen atoms in total. The van der Waals surface area contributed by atoms with Crippen molar-refractivity contribution in [2.45, 2.75) is 69.6 Å². The van der Waals surface area contributed by atoms with E-state index in [1.165, 1.54) is 4.57 Å². The Bertz CT molecular complexity index is 900. The van der Waals surface area contributed by atoms with Gasteiger partial charge in [0.1, 0.15) is 12.2 Å². The number of hydrogen-bond acceptors (Lipinski definition) is 4. The Morgan fingerprint density at radius 3 is 1.88 bits per heavy atom. The molecule has 1 saturated carbocycles. The number of hydrogen-bond donors (Lipinski definition) is 0. The van der Waals surface area contributed by atoms with E-state index in [-0.39, 0.29) is 35.7 Å². The van der Waals surface area contributed by atoms with Crippen molar-refractivity contribution in [3.63, 3.8) is 0 Å². The third kappa shape index (κ3) is 2.13. The number of aromatic nitrogens is 3. The summed E-state index contributed by atoms with van der Waals surface area (Å²) in [5.41, 5.74) is 0.0238. The first-order chi connectivity index (χ1) is 12.5. The van der Waals surface area contributed by atoms with Gasteiger partial charge in [-0.1, -0.05) is 31.0 Å². The molecule has 2 aliphatic heterocycles. The summed E-state index contributed by atoms with van der Waals surface area (Å²) in [7, 11) is 0. The normalized spacial score (nSPS) is 31.9. The smallest absolute Gasteiger partial charge is 0.342 e. The summed E-state index contributed by atoms with van der Waals surface area (Å²) in [6.07, 6.45) is 3.27. The van der Waals surface area contributed by atoms with Gasteiger partial charge in [0.2, 0.25) is 0 Å². The van der Waals surface area contributed by atoms with Crippen LogP contribution in [-0.2, 0) is 9.47 Å². The van der Waals surface area contributed by atoms with E-state index in [4.69, 9.17) is 9.47 Å². The van der Waals surface area contributed by atoms with E-state index in [0.717, 1.165) is 25.7 Å². The fourth-order valence-corrected chi connectivity index (χ4v) is 4.84. The van der Waals surface area contributed by atoms with Gasteiger partial charge in [0.25, 0.3) is 0 Å². The fourth-order valence-electron chi connectivity index (χ4n) is 4.84. The van der Waals surface area contributed by atoms with Crippen LogP contribution in [0.4, 0.5) is 0 Å². The number of nitrogens with zero attached hydrogens (tertiary/aromatic N) is 3. The van der Waals surface area contributed by atoms with Crippen molar-refractivity contribution < 1.29 is 9.47 Å². The number of ether oxygens (including phenoxy) is 2. The van der Waals surface area contributed by atoms with Crippen LogP contribution >= 0.6 is 0 Å². The largest absolute Gasteiger partial charge is 0.352 e. The number of para-hydroxylation sites is 1. The Balaban J connectivity index is 1.75. The second-order valence-corrected chi connectivity index (χ2v) is 7.91. The average Bonchev–Trinajstić information content (AvgIpc) is 3.02. The highest BCUT2D eigenvalue weighted by molar-refractivity contribution is 5.30. The van der Waals surface area contributed by atoms with Gasteiger partial charge in [-0.15, -0.1) is 0 Å². The van der Waals surface area contributed by atoms with Gasteiger partial charge in [-0.05, 0) is 38.8 Å². The molecule has 2 unspecified atom stereocenters. The molecule has 2 aromatic rings. The topological polar surface area (TPSA) is 67.4 Å². The summed E-state index contributed by atoms with van der Waals surface area (Å²) in [5, 5.41) is 0. The summed E-state index contributed by atoms with van der Waals surface area (Å²) >= 11 is 0. The number of benzene rings is 1. The first-order valence-corrected chi connectivity index (χ1v) is 9.35. The van der Waals surface area contributed by atoms with Crippen LogP contribution in [0.2, 0.25) is 0 Å². The first-order valence-electron chi connectivity index (χ1n) is 9.35. The van der Waals surface area contributed by atoms with E-state index in [2.05, 4.69) is 0 Å². The van der Waals surface area contributed by atoms with Gasteiger partial charge in [-0.2, -0.15) is 0 Å². The maximum absolute atomic E-state index is 13.2. The fraction of sp³-hybridized carbons (Fsp3) is 0.579. The molecule has 2 bridgehead atoms. The van der Waals surface area contributed by atoms with Crippen LogP contribution in [0.1, 0.15) is 51.6 Å². The number of rotatable bonds is 1. The van der Waals surface area contributed by atoms with E-state index in [9.17, 15) is 9.59 Å². The molecular weight excluding hydrogens is 334 g/mol. The van der Waals surface area contributed by atoms with Crippen LogP contribution in [0.25, 0.3) is 5.69 Å². The van der Waals surface area contributed by atoms with Gasteiger partial charge in [0.15, 0.2) is 5.79 Å². The maximum atomic E-state index is 13.2. The summed E-state index contributed by atoms with van der Waals surface area (Å²) < 4.78 is 16.9. The second kappa shape index (κ2) is 5.44. The lowest BCUT2D eigenvalue weighted by Gasteiger charge is -2.40. The molecule has 1 aromatic heterocycles. The van der Waals surface area contributed by atoms with E-state index in [1.54, 1.807) is 21.5 Å².